The van der Waals surface area contributed by atoms with Crippen molar-refractivity contribution in [1.29, 1.82) is 0 Å². The molecule has 3 atom stereocenters. The number of carboxylic acid groups (broad SMARTS) is 1. The molecule has 1 aromatic rings. The summed E-state index contributed by atoms with van der Waals surface area (Å²) in [5.41, 5.74) is 4.49. The highest BCUT2D eigenvalue weighted by Crippen LogP contribution is 2.54. The van der Waals surface area contributed by atoms with Gasteiger partial charge in [-0.15, -0.1) is 0 Å². The predicted molar refractivity (Wildman–Crippen MR) is 67.4 cm³/mol. The molecule has 0 unspecified atom stereocenters. The van der Waals surface area contributed by atoms with Crippen LogP contribution in [-0.4, -0.2) is 36.5 Å². The summed E-state index contributed by atoms with van der Waals surface area (Å²) >= 11 is 5.81. The highest BCUT2D eigenvalue weighted by atomic mass is 35.5. The van der Waals surface area contributed by atoms with Crippen LogP contribution in [0.5, 0.6) is 0 Å². The zero-order chi connectivity index (χ0) is 13.7. The SMILES string of the molecule is CS(=O)(=O)[C@@H]1[C@H](c2cccc(Cl)c2)[C@@]1(N)C(=O)O. The van der Waals surface area contributed by atoms with Crippen molar-refractivity contribution < 1.29 is 18.3 Å². The van der Waals surface area contributed by atoms with E-state index in [2.05, 4.69) is 0 Å². The van der Waals surface area contributed by atoms with Crippen LogP contribution in [0.4, 0.5) is 0 Å². The van der Waals surface area contributed by atoms with E-state index in [-0.39, 0.29) is 0 Å². The number of sulfone groups is 1. The van der Waals surface area contributed by atoms with Crippen LogP contribution in [0, 0.1) is 0 Å². The van der Waals surface area contributed by atoms with Crippen LogP contribution in [0.15, 0.2) is 24.3 Å². The first-order valence-corrected chi connectivity index (χ1v) is 7.49. The summed E-state index contributed by atoms with van der Waals surface area (Å²) in [4.78, 5) is 11.2. The second kappa shape index (κ2) is 3.94. The maximum atomic E-state index is 11.6. The minimum Gasteiger partial charge on any atom is -0.480 e. The number of nitrogens with two attached hydrogens (primary N) is 1. The van der Waals surface area contributed by atoms with E-state index in [0.29, 0.717) is 10.6 Å². The van der Waals surface area contributed by atoms with E-state index < -0.39 is 32.5 Å². The Bertz CT molecular complexity index is 615. The van der Waals surface area contributed by atoms with Gasteiger partial charge in [-0.3, -0.25) is 4.79 Å². The molecule has 0 spiro atoms. The average molecular weight is 290 g/mol. The van der Waals surface area contributed by atoms with Crippen molar-refractivity contribution in [3.8, 4) is 0 Å². The lowest BCUT2D eigenvalue weighted by Crippen LogP contribution is -2.39. The van der Waals surface area contributed by atoms with Gasteiger partial charge in [0.2, 0.25) is 0 Å². The Morgan fingerprint density at radius 3 is 2.50 bits per heavy atom. The van der Waals surface area contributed by atoms with Gasteiger partial charge in [0.15, 0.2) is 9.84 Å². The normalized spacial score (nSPS) is 31.1. The number of hydrogen-bond acceptors (Lipinski definition) is 4. The number of hydrogen-bond donors (Lipinski definition) is 2. The topological polar surface area (TPSA) is 97.5 Å². The summed E-state index contributed by atoms with van der Waals surface area (Å²) in [5.74, 6) is -2.08. The summed E-state index contributed by atoms with van der Waals surface area (Å²) in [7, 11) is -3.54. The molecule has 1 aliphatic carbocycles. The zero-order valence-corrected chi connectivity index (χ0v) is 11.1. The molecule has 1 saturated carbocycles. The van der Waals surface area contributed by atoms with Crippen molar-refractivity contribution >= 4 is 27.4 Å². The third kappa shape index (κ3) is 1.90. The van der Waals surface area contributed by atoms with Gasteiger partial charge in [-0.2, -0.15) is 0 Å². The molecule has 0 bridgehead atoms. The fourth-order valence-electron chi connectivity index (χ4n) is 2.38. The summed E-state index contributed by atoms with van der Waals surface area (Å²) in [5, 5.41) is 8.43. The Morgan fingerprint density at radius 1 is 1.50 bits per heavy atom. The Kier molecular flexibility index (Phi) is 2.92. The van der Waals surface area contributed by atoms with Crippen molar-refractivity contribution in [3.05, 3.63) is 34.9 Å². The molecule has 5 nitrogen and oxygen atoms in total. The standard InChI is InChI=1S/C11H12ClNO4S/c1-18(16,17)9-8(11(9,13)10(14)15)6-3-2-4-7(12)5-6/h2-5,8-9H,13H2,1H3,(H,14,15)/t8-,9+,11-/m0/s1. The largest absolute Gasteiger partial charge is 0.480 e. The summed E-state index contributed by atoms with van der Waals surface area (Å²) in [6.45, 7) is 0. The van der Waals surface area contributed by atoms with E-state index in [1.54, 1.807) is 24.3 Å². The molecule has 98 valence electrons. The van der Waals surface area contributed by atoms with Crippen molar-refractivity contribution in [1.82, 2.24) is 0 Å². The first-order valence-electron chi connectivity index (χ1n) is 5.15. The van der Waals surface area contributed by atoms with Crippen LogP contribution in [0.2, 0.25) is 5.02 Å². The van der Waals surface area contributed by atoms with Crippen LogP contribution >= 0.6 is 11.6 Å². The molecule has 0 aromatic heterocycles. The predicted octanol–water partition coefficient (Wildman–Crippen LogP) is 0.633. The van der Waals surface area contributed by atoms with E-state index in [9.17, 15) is 13.2 Å². The van der Waals surface area contributed by atoms with Crippen LogP contribution in [-0.2, 0) is 14.6 Å². The molecule has 0 radical (unpaired) electrons. The monoisotopic (exact) mass is 289 g/mol. The smallest absolute Gasteiger partial charge is 0.325 e. The van der Waals surface area contributed by atoms with Crippen molar-refractivity contribution in [2.45, 2.75) is 16.7 Å². The van der Waals surface area contributed by atoms with E-state index in [1.807, 2.05) is 0 Å². The minimum atomic E-state index is -3.54. The Balaban J connectivity index is 2.49. The highest BCUT2D eigenvalue weighted by Gasteiger charge is 2.73. The van der Waals surface area contributed by atoms with E-state index in [0.717, 1.165) is 6.26 Å². The molecular formula is C11H12ClNO4S. The molecular weight excluding hydrogens is 278 g/mol. The van der Waals surface area contributed by atoms with Gasteiger partial charge in [0, 0.05) is 17.2 Å². The molecule has 2 rings (SSSR count). The first-order chi connectivity index (χ1) is 8.19. The number of benzene rings is 1. The van der Waals surface area contributed by atoms with Gasteiger partial charge in [-0.25, -0.2) is 8.42 Å². The molecule has 1 fully saturated rings. The van der Waals surface area contributed by atoms with Crippen molar-refractivity contribution in [2.75, 3.05) is 6.26 Å². The van der Waals surface area contributed by atoms with Gasteiger partial charge < -0.3 is 10.8 Å². The molecule has 1 aliphatic rings. The lowest BCUT2D eigenvalue weighted by Gasteiger charge is -2.04. The van der Waals surface area contributed by atoms with Crippen molar-refractivity contribution in [2.24, 2.45) is 5.73 Å². The summed E-state index contributed by atoms with van der Waals surface area (Å²) in [6, 6.07) is 6.44. The third-order valence-corrected chi connectivity index (χ3v) is 5.04. The van der Waals surface area contributed by atoms with E-state index in [1.165, 1.54) is 0 Å². The average Bonchev–Trinajstić information content (AvgIpc) is 2.86. The molecule has 7 heteroatoms. The van der Waals surface area contributed by atoms with E-state index in [4.69, 9.17) is 22.4 Å². The summed E-state index contributed by atoms with van der Waals surface area (Å²) in [6.07, 6.45) is 0.993. The van der Waals surface area contributed by atoms with Crippen molar-refractivity contribution in [3.63, 3.8) is 0 Å². The summed E-state index contributed by atoms with van der Waals surface area (Å²) < 4.78 is 23.2. The molecule has 3 N–H and O–H groups in total. The fourth-order valence-corrected chi connectivity index (χ4v) is 4.33. The first kappa shape index (κ1) is 13.3. The Morgan fingerprint density at radius 2 is 2.11 bits per heavy atom. The Hall–Kier alpha value is -1.11. The molecule has 0 aliphatic heterocycles. The molecule has 0 heterocycles. The van der Waals surface area contributed by atoms with Crippen LogP contribution in [0.1, 0.15) is 11.5 Å². The van der Waals surface area contributed by atoms with Gasteiger partial charge in [0.25, 0.3) is 0 Å². The molecule has 1 aromatic carbocycles. The molecule has 0 amide bonds. The number of halogens is 1. The number of rotatable bonds is 3. The van der Waals surface area contributed by atoms with Crippen LogP contribution in [0.25, 0.3) is 0 Å². The second-order valence-electron chi connectivity index (χ2n) is 4.52. The van der Waals surface area contributed by atoms with Gasteiger partial charge in [0.1, 0.15) is 5.54 Å². The minimum absolute atomic E-state index is 0.416. The van der Waals surface area contributed by atoms with Crippen LogP contribution in [0.3, 0.4) is 0 Å². The second-order valence-corrected chi connectivity index (χ2v) is 7.12. The third-order valence-electron chi connectivity index (χ3n) is 3.22. The maximum Gasteiger partial charge on any atom is 0.325 e. The molecule has 18 heavy (non-hydrogen) atoms. The van der Waals surface area contributed by atoms with Gasteiger partial charge in [-0.1, -0.05) is 23.7 Å². The fraction of sp³-hybridized carbons (Fsp3) is 0.364. The lowest BCUT2D eigenvalue weighted by atomic mass is 10.1. The van der Waals surface area contributed by atoms with Gasteiger partial charge >= 0.3 is 5.97 Å². The maximum absolute atomic E-state index is 11.6. The lowest BCUT2D eigenvalue weighted by molar-refractivity contribution is -0.139. The molecule has 0 saturated heterocycles. The van der Waals surface area contributed by atoms with Gasteiger partial charge in [-0.05, 0) is 17.7 Å². The quantitative estimate of drug-likeness (QED) is 0.851. The highest BCUT2D eigenvalue weighted by molar-refractivity contribution is 7.91. The van der Waals surface area contributed by atoms with Crippen LogP contribution < -0.4 is 5.73 Å². The number of carbonyl (C=O) groups is 1. The number of aliphatic carboxylic acids is 1. The van der Waals surface area contributed by atoms with E-state index >= 15 is 0 Å². The van der Waals surface area contributed by atoms with Gasteiger partial charge in [0.05, 0.1) is 5.25 Å². The zero-order valence-electron chi connectivity index (χ0n) is 9.50. The number of carboxylic acids is 1. The Labute approximate surface area is 109 Å².